The van der Waals surface area contributed by atoms with Crippen molar-refractivity contribution >= 4 is 17.7 Å². The van der Waals surface area contributed by atoms with E-state index in [1.165, 1.54) is 4.90 Å². The van der Waals surface area contributed by atoms with Gasteiger partial charge in [-0.05, 0) is 25.2 Å². The molecule has 1 aliphatic rings. The van der Waals surface area contributed by atoms with E-state index in [1.54, 1.807) is 0 Å². The van der Waals surface area contributed by atoms with E-state index in [1.807, 2.05) is 20.8 Å². The largest absolute Gasteiger partial charge is 0.379 e. The molecule has 1 atom stereocenters. The molecule has 1 fully saturated rings. The van der Waals surface area contributed by atoms with Gasteiger partial charge in [-0.1, -0.05) is 20.8 Å². The summed E-state index contributed by atoms with van der Waals surface area (Å²) in [5.74, 6) is -0.807. The highest BCUT2D eigenvalue weighted by Gasteiger charge is 2.46. The van der Waals surface area contributed by atoms with E-state index in [2.05, 4.69) is 12.2 Å². The number of hydrogen-bond acceptors (Lipinski definition) is 7. The van der Waals surface area contributed by atoms with Gasteiger partial charge in [0, 0.05) is 32.5 Å². The number of ether oxygens (including phenoxy) is 4. The molecule has 0 aromatic carbocycles. The van der Waals surface area contributed by atoms with Crippen molar-refractivity contribution in [1.29, 1.82) is 0 Å². The molecule has 1 saturated heterocycles. The van der Waals surface area contributed by atoms with Gasteiger partial charge >= 0.3 is 0 Å². The minimum absolute atomic E-state index is 0.103. The fraction of sp³-hybridized carbons (Fsp3) is 0.870. The summed E-state index contributed by atoms with van der Waals surface area (Å²) in [6, 6.07) is 0. The zero-order valence-electron chi connectivity index (χ0n) is 20.3. The minimum atomic E-state index is -0.287. The van der Waals surface area contributed by atoms with Crippen LogP contribution < -0.4 is 5.32 Å². The maximum atomic E-state index is 12.7. The summed E-state index contributed by atoms with van der Waals surface area (Å²) in [4.78, 5) is 38.3. The number of likely N-dealkylation sites (tertiary alicyclic amines) is 1. The number of hydrogen-bond donors (Lipinski definition) is 1. The van der Waals surface area contributed by atoms with Gasteiger partial charge in [0.25, 0.3) is 0 Å². The van der Waals surface area contributed by atoms with E-state index in [4.69, 9.17) is 18.9 Å². The van der Waals surface area contributed by atoms with Gasteiger partial charge in [-0.2, -0.15) is 0 Å². The van der Waals surface area contributed by atoms with E-state index in [9.17, 15) is 14.4 Å². The maximum absolute atomic E-state index is 12.7. The SMILES string of the molecule is CCOCCOCCOCCOCCNC(=O)CCN1C(=O)CC(C(C)(CC)CC)C1=O. The van der Waals surface area contributed by atoms with Crippen LogP contribution in [0.1, 0.15) is 53.4 Å². The Morgan fingerprint density at radius 2 is 1.47 bits per heavy atom. The zero-order chi connectivity index (χ0) is 23.8. The molecule has 0 bridgehead atoms. The van der Waals surface area contributed by atoms with Gasteiger partial charge in [-0.15, -0.1) is 0 Å². The van der Waals surface area contributed by atoms with Crippen molar-refractivity contribution in [2.75, 3.05) is 65.9 Å². The summed E-state index contributed by atoms with van der Waals surface area (Å²) in [5, 5.41) is 2.75. The third-order valence-electron chi connectivity index (χ3n) is 6.15. The second kappa shape index (κ2) is 16.1. The van der Waals surface area contributed by atoms with Gasteiger partial charge in [-0.25, -0.2) is 0 Å². The van der Waals surface area contributed by atoms with Gasteiger partial charge in [0.1, 0.15) is 0 Å². The summed E-state index contributed by atoms with van der Waals surface area (Å²) < 4.78 is 21.3. The fourth-order valence-electron chi connectivity index (χ4n) is 3.57. The first-order valence-electron chi connectivity index (χ1n) is 11.8. The van der Waals surface area contributed by atoms with Crippen LogP contribution in [0.5, 0.6) is 0 Å². The molecule has 0 aliphatic carbocycles. The molecule has 32 heavy (non-hydrogen) atoms. The van der Waals surface area contributed by atoms with Crippen molar-refractivity contribution < 1.29 is 33.3 Å². The van der Waals surface area contributed by atoms with Gasteiger partial charge in [0.05, 0.1) is 52.2 Å². The lowest BCUT2D eigenvalue weighted by Crippen LogP contribution is -2.38. The molecular weight excluding hydrogens is 416 g/mol. The number of nitrogens with zero attached hydrogens (tertiary/aromatic N) is 1. The first kappa shape index (κ1) is 28.5. The van der Waals surface area contributed by atoms with Crippen LogP contribution in [0.15, 0.2) is 0 Å². The Hall–Kier alpha value is -1.55. The summed E-state index contributed by atoms with van der Waals surface area (Å²) in [6.07, 6.45) is 2.03. The third kappa shape index (κ3) is 9.94. The highest BCUT2D eigenvalue weighted by Crippen LogP contribution is 2.41. The Kier molecular flexibility index (Phi) is 14.4. The van der Waals surface area contributed by atoms with Crippen LogP contribution in [-0.4, -0.2) is 88.6 Å². The molecule has 186 valence electrons. The van der Waals surface area contributed by atoms with E-state index in [0.717, 1.165) is 12.8 Å². The van der Waals surface area contributed by atoms with Crippen LogP contribution >= 0.6 is 0 Å². The predicted molar refractivity (Wildman–Crippen MR) is 120 cm³/mol. The minimum Gasteiger partial charge on any atom is -0.379 e. The highest BCUT2D eigenvalue weighted by molar-refractivity contribution is 6.04. The molecule has 0 saturated carbocycles. The number of imide groups is 1. The monoisotopic (exact) mass is 458 g/mol. The molecular formula is C23H42N2O7. The zero-order valence-corrected chi connectivity index (χ0v) is 20.3. The fourth-order valence-corrected chi connectivity index (χ4v) is 3.57. The van der Waals surface area contributed by atoms with E-state index >= 15 is 0 Å². The molecule has 1 rings (SSSR count). The Balaban J connectivity index is 2.07. The Morgan fingerprint density at radius 3 is 2.00 bits per heavy atom. The van der Waals surface area contributed by atoms with Crippen molar-refractivity contribution in [3.63, 3.8) is 0 Å². The van der Waals surface area contributed by atoms with Gasteiger partial charge in [0.15, 0.2) is 0 Å². The second-order valence-electron chi connectivity index (χ2n) is 8.14. The topological polar surface area (TPSA) is 103 Å². The number of carbonyl (C=O) groups excluding carboxylic acids is 3. The van der Waals surface area contributed by atoms with Crippen LogP contribution in [-0.2, 0) is 33.3 Å². The Morgan fingerprint density at radius 1 is 0.938 bits per heavy atom. The summed E-state index contributed by atoms with van der Waals surface area (Å²) in [7, 11) is 0. The highest BCUT2D eigenvalue weighted by atomic mass is 16.6. The average molecular weight is 459 g/mol. The van der Waals surface area contributed by atoms with Crippen LogP contribution in [0.25, 0.3) is 0 Å². The second-order valence-corrected chi connectivity index (χ2v) is 8.14. The van der Waals surface area contributed by atoms with Crippen LogP contribution in [0.2, 0.25) is 0 Å². The van der Waals surface area contributed by atoms with E-state index < -0.39 is 0 Å². The number of nitrogens with one attached hydrogen (secondary N) is 1. The molecule has 0 spiro atoms. The lowest BCUT2D eigenvalue weighted by molar-refractivity contribution is -0.141. The first-order chi connectivity index (χ1) is 15.4. The number of rotatable bonds is 19. The van der Waals surface area contributed by atoms with Crippen molar-refractivity contribution in [1.82, 2.24) is 10.2 Å². The predicted octanol–water partition coefficient (Wildman–Crippen LogP) is 1.78. The maximum Gasteiger partial charge on any atom is 0.233 e. The molecule has 0 aromatic rings. The molecule has 1 heterocycles. The number of carbonyl (C=O) groups is 3. The summed E-state index contributed by atoms with van der Waals surface area (Å²) >= 11 is 0. The Bertz CT molecular complexity index is 567. The van der Waals surface area contributed by atoms with Gasteiger partial charge in [0.2, 0.25) is 17.7 Å². The molecule has 3 amide bonds. The molecule has 1 aliphatic heterocycles. The third-order valence-corrected chi connectivity index (χ3v) is 6.15. The summed E-state index contributed by atoms with van der Waals surface area (Å²) in [5.41, 5.74) is -0.179. The van der Waals surface area contributed by atoms with Crippen molar-refractivity contribution in [2.45, 2.75) is 53.4 Å². The lowest BCUT2D eigenvalue weighted by atomic mass is 9.72. The van der Waals surface area contributed by atoms with Gasteiger partial charge in [-0.3, -0.25) is 19.3 Å². The summed E-state index contributed by atoms with van der Waals surface area (Å²) in [6.45, 7) is 12.7. The van der Waals surface area contributed by atoms with Crippen molar-refractivity contribution in [2.24, 2.45) is 11.3 Å². The van der Waals surface area contributed by atoms with Crippen molar-refractivity contribution in [3.8, 4) is 0 Å². The van der Waals surface area contributed by atoms with E-state index in [0.29, 0.717) is 59.4 Å². The molecule has 0 radical (unpaired) electrons. The molecule has 9 heteroatoms. The van der Waals surface area contributed by atoms with Crippen LogP contribution in [0, 0.1) is 11.3 Å². The normalized spacial score (nSPS) is 16.8. The van der Waals surface area contributed by atoms with Gasteiger partial charge < -0.3 is 24.3 Å². The Labute approximate surface area is 192 Å². The van der Waals surface area contributed by atoms with Crippen molar-refractivity contribution in [3.05, 3.63) is 0 Å². The van der Waals surface area contributed by atoms with Crippen LogP contribution in [0.3, 0.4) is 0 Å². The quantitative estimate of drug-likeness (QED) is 0.232. The smallest absolute Gasteiger partial charge is 0.233 e. The number of amides is 3. The molecule has 0 aromatic heterocycles. The average Bonchev–Trinajstić information content (AvgIpc) is 3.08. The lowest BCUT2D eigenvalue weighted by Gasteiger charge is -2.31. The molecule has 1 unspecified atom stereocenters. The first-order valence-corrected chi connectivity index (χ1v) is 11.8. The molecule has 1 N–H and O–H groups in total. The van der Waals surface area contributed by atoms with E-state index in [-0.39, 0.29) is 48.4 Å². The molecule has 9 nitrogen and oxygen atoms in total. The van der Waals surface area contributed by atoms with Crippen LogP contribution in [0.4, 0.5) is 0 Å². The standard InChI is InChI=1S/C23H42N2O7/c1-5-23(4,6-2)19-18-21(27)25(22(19)28)10-8-20(26)24-9-11-30-14-15-32-17-16-31-13-12-29-7-3/h19H,5-18H2,1-4H3,(H,24,26).